The number of carbonyl (C=O) groups excluding carboxylic acids is 1. The number of hydrogen-bond acceptors (Lipinski definition) is 3. The second-order valence-electron chi connectivity index (χ2n) is 2.38. The summed E-state index contributed by atoms with van der Waals surface area (Å²) in [6.07, 6.45) is 0. The fourth-order valence-corrected chi connectivity index (χ4v) is 1.07. The minimum absolute atomic E-state index is 0.559. The number of ether oxygens (including phenoxy) is 1. The molecule has 0 heterocycles. The van der Waals surface area contributed by atoms with E-state index in [1.54, 1.807) is 0 Å². The molecule has 1 rings (SSSR count). The molecule has 0 fully saturated rings. The van der Waals surface area contributed by atoms with Crippen LogP contribution in [0.4, 0.5) is 8.78 Å². The maximum absolute atomic E-state index is 13.1. The highest BCUT2D eigenvalue weighted by Crippen LogP contribution is 2.34. The summed E-state index contributed by atoms with van der Waals surface area (Å²) in [5, 5.41) is 7.86. The smallest absolute Gasteiger partial charge is 0.255 e. The fraction of sp³-hybridized carbons (Fsp3) is 0.125. The largest absolute Gasteiger partial charge is 0.502 e. The summed E-state index contributed by atoms with van der Waals surface area (Å²) in [6.45, 7) is 0. The van der Waals surface area contributed by atoms with Gasteiger partial charge in [-0.3, -0.25) is 4.79 Å². The van der Waals surface area contributed by atoms with Crippen LogP contribution in [0.15, 0.2) is 6.07 Å². The molecule has 0 aliphatic carbocycles. The number of phenolic OH excluding ortho intramolecular Hbond substituents is 1. The SMILES string of the molecule is COc1c(F)cc(C(=O)Cl)c(F)c1O. The molecule has 1 N–H and O–H groups in total. The van der Waals surface area contributed by atoms with Crippen LogP contribution < -0.4 is 4.74 Å². The van der Waals surface area contributed by atoms with E-state index in [1.807, 2.05) is 0 Å². The lowest BCUT2D eigenvalue weighted by Crippen LogP contribution is -1.99. The number of methoxy groups -OCH3 is 1. The lowest BCUT2D eigenvalue weighted by molar-refractivity contribution is 0.107. The molecule has 6 heteroatoms. The van der Waals surface area contributed by atoms with Crippen molar-refractivity contribution in [1.82, 2.24) is 0 Å². The summed E-state index contributed by atoms with van der Waals surface area (Å²) in [4.78, 5) is 10.6. The van der Waals surface area contributed by atoms with Crippen molar-refractivity contribution in [2.24, 2.45) is 0 Å². The zero-order valence-electron chi connectivity index (χ0n) is 6.97. The molecule has 14 heavy (non-hydrogen) atoms. The van der Waals surface area contributed by atoms with E-state index in [0.717, 1.165) is 7.11 Å². The van der Waals surface area contributed by atoms with Gasteiger partial charge in [-0.15, -0.1) is 0 Å². The Labute approximate surface area is 82.9 Å². The van der Waals surface area contributed by atoms with Crippen LogP contribution in [0.1, 0.15) is 10.4 Å². The number of halogens is 3. The number of aromatic hydroxyl groups is 1. The molecule has 0 aliphatic heterocycles. The number of benzene rings is 1. The van der Waals surface area contributed by atoms with Gasteiger partial charge >= 0.3 is 0 Å². The highest BCUT2D eigenvalue weighted by atomic mass is 35.5. The standard InChI is InChI=1S/C8H5ClF2O3/c1-14-7-4(10)2-3(8(9)13)5(11)6(7)12/h2,12H,1H3. The molecule has 1 aromatic carbocycles. The Morgan fingerprint density at radius 2 is 2.14 bits per heavy atom. The van der Waals surface area contributed by atoms with Gasteiger partial charge in [0.25, 0.3) is 5.24 Å². The molecule has 0 bridgehead atoms. The van der Waals surface area contributed by atoms with Crippen LogP contribution in [0.2, 0.25) is 0 Å². The van der Waals surface area contributed by atoms with E-state index in [4.69, 9.17) is 16.7 Å². The van der Waals surface area contributed by atoms with Gasteiger partial charge in [-0.2, -0.15) is 0 Å². The van der Waals surface area contributed by atoms with E-state index in [2.05, 4.69) is 4.74 Å². The average molecular weight is 223 g/mol. The van der Waals surface area contributed by atoms with Crippen LogP contribution in [-0.2, 0) is 0 Å². The van der Waals surface area contributed by atoms with Gasteiger partial charge in [-0.25, -0.2) is 8.78 Å². The first-order valence-corrected chi connectivity index (χ1v) is 3.81. The monoisotopic (exact) mass is 222 g/mol. The molecule has 0 saturated heterocycles. The molecule has 0 atom stereocenters. The molecular weight excluding hydrogens is 218 g/mol. The predicted molar refractivity (Wildman–Crippen MR) is 44.8 cm³/mol. The van der Waals surface area contributed by atoms with Crippen molar-refractivity contribution < 1.29 is 23.4 Å². The molecule has 0 radical (unpaired) electrons. The van der Waals surface area contributed by atoms with Crippen LogP contribution in [0.3, 0.4) is 0 Å². The maximum atomic E-state index is 13.1. The summed E-state index contributed by atoms with van der Waals surface area (Å²) in [6, 6.07) is 0.559. The number of rotatable bonds is 2. The summed E-state index contributed by atoms with van der Waals surface area (Å²) in [7, 11) is 1.06. The van der Waals surface area contributed by atoms with Crippen LogP contribution >= 0.6 is 11.6 Å². The Morgan fingerprint density at radius 1 is 1.57 bits per heavy atom. The summed E-state index contributed by atoms with van der Waals surface area (Å²) in [5.41, 5.74) is -0.734. The highest BCUT2D eigenvalue weighted by Gasteiger charge is 2.21. The second kappa shape index (κ2) is 3.79. The first kappa shape index (κ1) is 10.7. The lowest BCUT2D eigenvalue weighted by Gasteiger charge is -2.07. The van der Waals surface area contributed by atoms with Gasteiger partial charge in [0.15, 0.2) is 23.1 Å². The highest BCUT2D eigenvalue weighted by molar-refractivity contribution is 6.67. The van der Waals surface area contributed by atoms with Crippen LogP contribution in [0.5, 0.6) is 11.5 Å². The average Bonchev–Trinajstić information content (AvgIpc) is 2.12. The van der Waals surface area contributed by atoms with Crippen LogP contribution in [0, 0.1) is 11.6 Å². The van der Waals surface area contributed by atoms with Gasteiger partial charge in [-0.05, 0) is 17.7 Å². The van der Waals surface area contributed by atoms with Crippen LogP contribution in [-0.4, -0.2) is 17.5 Å². The maximum Gasteiger partial charge on any atom is 0.255 e. The number of hydrogen-bond donors (Lipinski definition) is 1. The topological polar surface area (TPSA) is 46.5 Å². The van der Waals surface area contributed by atoms with E-state index in [0.29, 0.717) is 6.07 Å². The zero-order chi connectivity index (χ0) is 10.9. The summed E-state index contributed by atoms with van der Waals surface area (Å²) in [5.74, 6) is -4.10. The molecule has 0 aliphatic rings. The molecule has 0 spiro atoms. The molecule has 0 unspecified atom stereocenters. The third-order valence-electron chi connectivity index (χ3n) is 1.56. The van der Waals surface area contributed by atoms with Crippen molar-refractivity contribution >= 4 is 16.8 Å². The van der Waals surface area contributed by atoms with E-state index < -0.39 is 33.9 Å². The van der Waals surface area contributed by atoms with E-state index in [9.17, 15) is 13.6 Å². The predicted octanol–water partition coefficient (Wildman–Crippen LogP) is 2.06. The van der Waals surface area contributed by atoms with Crippen molar-refractivity contribution in [3.05, 3.63) is 23.3 Å². The quantitative estimate of drug-likeness (QED) is 0.779. The summed E-state index contributed by atoms with van der Waals surface area (Å²) >= 11 is 4.95. The van der Waals surface area contributed by atoms with Crippen molar-refractivity contribution in [2.75, 3.05) is 7.11 Å². The Morgan fingerprint density at radius 3 is 2.57 bits per heavy atom. The molecule has 0 amide bonds. The van der Waals surface area contributed by atoms with Gasteiger partial charge in [0.2, 0.25) is 0 Å². The van der Waals surface area contributed by atoms with Gasteiger partial charge in [0.05, 0.1) is 12.7 Å². The minimum Gasteiger partial charge on any atom is -0.502 e. The fourth-order valence-electron chi connectivity index (χ4n) is 0.933. The van der Waals surface area contributed by atoms with Crippen molar-refractivity contribution in [3.63, 3.8) is 0 Å². The van der Waals surface area contributed by atoms with Crippen molar-refractivity contribution in [2.45, 2.75) is 0 Å². The first-order valence-electron chi connectivity index (χ1n) is 3.43. The van der Waals surface area contributed by atoms with E-state index >= 15 is 0 Å². The second-order valence-corrected chi connectivity index (χ2v) is 2.72. The van der Waals surface area contributed by atoms with Crippen molar-refractivity contribution in [1.29, 1.82) is 0 Å². The Balaban J connectivity index is 3.47. The van der Waals surface area contributed by atoms with E-state index in [-0.39, 0.29) is 0 Å². The van der Waals surface area contributed by atoms with Gasteiger partial charge in [0, 0.05) is 0 Å². The Bertz CT molecular complexity index is 393. The lowest BCUT2D eigenvalue weighted by atomic mass is 10.2. The molecule has 1 aromatic rings. The van der Waals surface area contributed by atoms with Gasteiger partial charge < -0.3 is 9.84 Å². The molecule has 0 saturated carbocycles. The third kappa shape index (κ3) is 1.63. The molecular formula is C8H5ClF2O3. The number of carbonyl (C=O) groups is 1. The zero-order valence-corrected chi connectivity index (χ0v) is 7.73. The summed E-state index contributed by atoms with van der Waals surface area (Å²) < 4.78 is 30.4. The molecule has 0 aromatic heterocycles. The van der Waals surface area contributed by atoms with Crippen LogP contribution in [0.25, 0.3) is 0 Å². The normalized spacial score (nSPS) is 10.0. The van der Waals surface area contributed by atoms with Gasteiger partial charge in [-0.1, -0.05) is 0 Å². The number of phenols is 1. The van der Waals surface area contributed by atoms with Crippen molar-refractivity contribution in [3.8, 4) is 11.5 Å². The Hall–Kier alpha value is -1.36. The van der Waals surface area contributed by atoms with E-state index in [1.165, 1.54) is 0 Å². The molecule has 76 valence electrons. The third-order valence-corrected chi connectivity index (χ3v) is 1.77. The first-order chi connectivity index (χ1) is 6.49. The minimum atomic E-state index is -1.30. The molecule has 3 nitrogen and oxygen atoms in total. The van der Waals surface area contributed by atoms with Gasteiger partial charge in [0.1, 0.15) is 0 Å². The Kier molecular flexibility index (Phi) is 2.90.